The average molecular weight is 229 g/mol. The number of fused-ring (bicyclic) bond motifs is 1. The molecule has 0 atom stereocenters. The van der Waals surface area contributed by atoms with Crippen LogP contribution < -0.4 is 34.5 Å². The minimum Gasteiger partial charge on any atom is -0.548 e. The third-order valence-corrected chi connectivity index (χ3v) is 2.16. The van der Waals surface area contributed by atoms with Gasteiger partial charge in [-0.1, -0.05) is 0 Å². The molecular formula is C10H8LiNO5. The van der Waals surface area contributed by atoms with Crippen LogP contribution >= 0.6 is 0 Å². The van der Waals surface area contributed by atoms with Crippen molar-refractivity contribution in [2.45, 2.75) is 6.54 Å². The van der Waals surface area contributed by atoms with Crippen LogP contribution in [-0.4, -0.2) is 17.6 Å². The van der Waals surface area contributed by atoms with Gasteiger partial charge in [0.05, 0.1) is 25.1 Å². The van der Waals surface area contributed by atoms with E-state index in [1.54, 1.807) is 12.1 Å². The van der Waals surface area contributed by atoms with Gasteiger partial charge in [-0.15, -0.1) is 0 Å². The molecule has 17 heavy (non-hydrogen) atoms. The molecule has 0 aliphatic heterocycles. The van der Waals surface area contributed by atoms with Crippen LogP contribution in [0.4, 0.5) is 0 Å². The van der Waals surface area contributed by atoms with E-state index in [1.165, 1.54) is 13.2 Å². The summed E-state index contributed by atoms with van der Waals surface area (Å²) in [6.07, 6.45) is 0. The second kappa shape index (κ2) is 5.12. The van der Waals surface area contributed by atoms with E-state index < -0.39 is 18.3 Å². The predicted octanol–water partition coefficient (Wildman–Crippen LogP) is -3.64. The Kier molecular flexibility index (Phi) is 4.05. The number of carboxylic acids is 1. The molecule has 1 aromatic heterocycles. The summed E-state index contributed by atoms with van der Waals surface area (Å²) in [7, 11) is 1.48. The first-order valence-corrected chi connectivity index (χ1v) is 4.49. The van der Waals surface area contributed by atoms with Crippen LogP contribution in [0.15, 0.2) is 27.4 Å². The van der Waals surface area contributed by atoms with Crippen molar-refractivity contribution >= 4 is 17.1 Å². The van der Waals surface area contributed by atoms with Gasteiger partial charge in [0.2, 0.25) is 0 Å². The van der Waals surface area contributed by atoms with Gasteiger partial charge >= 0.3 is 24.6 Å². The predicted molar refractivity (Wildman–Crippen MR) is 52.0 cm³/mol. The van der Waals surface area contributed by atoms with E-state index in [0.29, 0.717) is 11.3 Å². The van der Waals surface area contributed by atoms with Gasteiger partial charge < -0.3 is 19.1 Å². The smallest absolute Gasteiger partial charge is 0.548 e. The Hall–Kier alpha value is -1.64. The number of aliphatic carboxylic acids is 1. The molecule has 0 aliphatic carbocycles. The number of hydrogen-bond donors (Lipinski definition) is 0. The van der Waals surface area contributed by atoms with Crippen LogP contribution in [0.3, 0.4) is 0 Å². The Morgan fingerprint density at radius 1 is 1.53 bits per heavy atom. The van der Waals surface area contributed by atoms with Crippen LogP contribution in [0, 0.1) is 0 Å². The minimum atomic E-state index is -1.35. The van der Waals surface area contributed by atoms with E-state index in [9.17, 15) is 14.7 Å². The number of methoxy groups -OCH3 is 1. The molecule has 0 bridgehead atoms. The summed E-state index contributed by atoms with van der Waals surface area (Å²) in [5, 5.41) is 10.4. The summed E-state index contributed by atoms with van der Waals surface area (Å²) in [6, 6.07) is 4.69. The number of carbonyl (C=O) groups is 1. The molecule has 0 aliphatic rings. The van der Waals surface area contributed by atoms with E-state index >= 15 is 0 Å². The van der Waals surface area contributed by atoms with Gasteiger partial charge in [-0.25, -0.2) is 4.79 Å². The fourth-order valence-electron chi connectivity index (χ4n) is 1.45. The summed E-state index contributed by atoms with van der Waals surface area (Å²) in [5.74, 6) is -1.55. The zero-order valence-electron chi connectivity index (χ0n) is 9.43. The Labute approximate surface area is 108 Å². The third-order valence-electron chi connectivity index (χ3n) is 2.16. The Bertz CT molecular complexity index is 600. The summed E-state index contributed by atoms with van der Waals surface area (Å²) < 4.78 is 10.8. The first kappa shape index (κ1) is 13.4. The van der Waals surface area contributed by atoms with E-state index in [0.717, 1.165) is 4.57 Å². The number of carboxylic acid groups (broad SMARTS) is 1. The summed E-state index contributed by atoms with van der Waals surface area (Å²) in [5.41, 5.74) is 0.681. The quantitative estimate of drug-likeness (QED) is 0.507. The van der Waals surface area contributed by atoms with Gasteiger partial charge in [0.25, 0.3) is 0 Å². The first-order chi connectivity index (χ1) is 7.61. The van der Waals surface area contributed by atoms with Gasteiger partial charge in [-0.3, -0.25) is 4.57 Å². The van der Waals surface area contributed by atoms with E-state index in [-0.39, 0.29) is 24.4 Å². The number of oxazole rings is 1. The molecule has 7 heteroatoms. The number of benzene rings is 1. The first-order valence-electron chi connectivity index (χ1n) is 4.49. The zero-order valence-corrected chi connectivity index (χ0v) is 9.43. The number of aromatic nitrogens is 1. The van der Waals surface area contributed by atoms with E-state index in [2.05, 4.69) is 0 Å². The number of carbonyl (C=O) groups excluding carboxylic acids is 1. The molecule has 84 valence electrons. The molecule has 0 saturated heterocycles. The molecule has 0 fully saturated rings. The van der Waals surface area contributed by atoms with Gasteiger partial charge in [0.1, 0.15) is 5.75 Å². The third kappa shape index (κ3) is 2.54. The standard InChI is InChI=1S/C10H9NO5.Li/c1-15-6-2-3-7-8(4-6)16-10(14)11(7)5-9(12)13;/h2-4H,5H2,1H3,(H,12,13);/q;+1/p-1. The van der Waals surface area contributed by atoms with Crippen molar-refractivity contribution in [3.63, 3.8) is 0 Å². The minimum absolute atomic E-state index is 0. The van der Waals surface area contributed by atoms with Crippen LogP contribution in [-0.2, 0) is 11.3 Å². The maximum atomic E-state index is 11.3. The monoisotopic (exact) mass is 229 g/mol. The Morgan fingerprint density at radius 2 is 2.24 bits per heavy atom. The summed E-state index contributed by atoms with van der Waals surface area (Å²) >= 11 is 0. The second-order valence-corrected chi connectivity index (χ2v) is 3.16. The number of rotatable bonds is 3. The van der Waals surface area contributed by atoms with Crippen molar-refractivity contribution in [1.29, 1.82) is 0 Å². The van der Waals surface area contributed by atoms with Gasteiger partial charge in [0, 0.05) is 6.07 Å². The van der Waals surface area contributed by atoms with Crippen molar-refractivity contribution in [2.24, 2.45) is 0 Å². The number of nitrogens with zero attached hydrogens (tertiary/aromatic N) is 1. The SMILES string of the molecule is COc1ccc2c(c1)oc(=O)n2CC(=O)[O-].[Li+]. The maximum Gasteiger partial charge on any atom is 1.00 e. The topological polar surface area (TPSA) is 84.5 Å². The molecule has 1 aromatic carbocycles. The molecule has 2 aromatic rings. The molecule has 0 saturated carbocycles. The van der Waals surface area contributed by atoms with Crippen LogP contribution in [0.1, 0.15) is 0 Å². The molecule has 2 rings (SSSR count). The summed E-state index contributed by atoms with van der Waals surface area (Å²) in [4.78, 5) is 21.8. The van der Waals surface area contributed by atoms with Crippen LogP contribution in [0.5, 0.6) is 5.75 Å². The van der Waals surface area contributed by atoms with E-state index in [1.807, 2.05) is 0 Å². The molecule has 1 heterocycles. The zero-order chi connectivity index (χ0) is 11.7. The van der Waals surface area contributed by atoms with Crippen LogP contribution in [0.2, 0.25) is 0 Å². The largest absolute Gasteiger partial charge is 1.00 e. The fraction of sp³-hybridized carbons (Fsp3) is 0.200. The van der Waals surface area contributed by atoms with Crippen LogP contribution in [0.25, 0.3) is 11.1 Å². The van der Waals surface area contributed by atoms with Gasteiger partial charge in [-0.05, 0) is 12.1 Å². The average Bonchev–Trinajstić information content (AvgIpc) is 2.54. The normalized spacial score (nSPS) is 9.94. The Morgan fingerprint density at radius 3 is 2.82 bits per heavy atom. The molecular weight excluding hydrogens is 221 g/mol. The fourth-order valence-corrected chi connectivity index (χ4v) is 1.45. The van der Waals surface area contributed by atoms with Crippen molar-refractivity contribution < 1.29 is 37.9 Å². The van der Waals surface area contributed by atoms with E-state index in [4.69, 9.17) is 9.15 Å². The molecule has 0 spiro atoms. The van der Waals surface area contributed by atoms with Crippen molar-refractivity contribution in [3.05, 3.63) is 28.7 Å². The molecule has 6 nitrogen and oxygen atoms in total. The Balaban J connectivity index is 0.00000144. The van der Waals surface area contributed by atoms with Crippen molar-refractivity contribution in [1.82, 2.24) is 4.57 Å². The second-order valence-electron chi connectivity index (χ2n) is 3.16. The number of hydrogen-bond acceptors (Lipinski definition) is 5. The summed E-state index contributed by atoms with van der Waals surface area (Å²) in [6.45, 7) is -0.530. The molecule has 0 amide bonds. The van der Waals surface area contributed by atoms with Crippen molar-refractivity contribution in [2.75, 3.05) is 7.11 Å². The van der Waals surface area contributed by atoms with Gasteiger partial charge in [0.15, 0.2) is 5.58 Å². The van der Waals surface area contributed by atoms with Gasteiger partial charge in [-0.2, -0.15) is 0 Å². The van der Waals surface area contributed by atoms with Crippen molar-refractivity contribution in [3.8, 4) is 5.75 Å². The maximum absolute atomic E-state index is 11.3. The molecule has 0 unspecified atom stereocenters. The molecule has 0 radical (unpaired) electrons. The number of ether oxygens (including phenoxy) is 1. The molecule has 0 N–H and O–H groups in total.